The van der Waals surface area contributed by atoms with Crippen molar-refractivity contribution < 1.29 is 9.53 Å². The number of halogens is 2. The number of hydrogen-bond donors (Lipinski definition) is 0. The molecule has 1 aliphatic heterocycles. The number of aliphatic imine (C=N–C) groups is 1. The second kappa shape index (κ2) is 8.96. The van der Waals surface area contributed by atoms with E-state index in [1.165, 1.54) is 0 Å². The SMILES string of the molecule is CCOc1ccc(N2C(=O)/C(=C\c3ccc(Cl)cc3Cl)N=C2c2ccc(C)cc2)cc1. The van der Waals surface area contributed by atoms with Gasteiger partial charge >= 0.3 is 0 Å². The summed E-state index contributed by atoms with van der Waals surface area (Å²) in [6.45, 7) is 4.52. The van der Waals surface area contributed by atoms with Crippen LogP contribution in [0.5, 0.6) is 5.75 Å². The number of ether oxygens (including phenoxy) is 1. The van der Waals surface area contributed by atoms with Gasteiger partial charge in [0.1, 0.15) is 17.3 Å². The Morgan fingerprint density at radius 3 is 2.35 bits per heavy atom. The third kappa shape index (κ3) is 4.50. The fourth-order valence-electron chi connectivity index (χ4n) is 3.28. The third-order valence-corrected chi connectivity index (χ3v) is 5.39. The second-order valence-corrected chi connectivity index (χ2v) is 7.91. The van der Waals surface area contributed by atoms with Crippen molar-refractivity contribution in [3.05, 3.63) is 99.2 Å². The normalized spacial score (nSPS) is 14.8. The summed E-state index contributed by atoms with van der Waals surface area (Å²) < 4.78 is 5.53. The Balaban J connectivity index is 1.79. The number of anilines is 1. The standard InChI is InChI=1S/C25H20Cl2N2O2/c1-3-31-21-12-10-20(11-13-21)29-24(17-6-4-16(2)5-7-17)28-23(25(29)30)14-18-8-9-19(26)15-22(18)27/h4-15H,3H2,1-2H3/b23-14+. The molecule has 0 fully saturated rings. The van der Waals surface area contributed by atoms with E-state index in [1.54, 1.807) is 29.2 Å². The molecule has 0 unspecified atom stereocenters. The first-order valence-electron chi connectivity index (χ1n) is 9.86. The molecule has 0 spiro atoms. The fraction of sp³-hybridized carbons (Fsp3) is 0.120. The molecular weight excluding hydrogens is 431 g/mol. The Labute approximate surface area is 191 Å². The molecule has 1 aliphatic rings. The van der Waals surface area contributed by atoms with Crippen molar-refractivity contribution in [3.8, 4) is 5.75 Å². The van der Waals surface area contributed by atoms with Crippen LogP contribution in [0.15, 0.2) is 77.4 Å². The third-order valence-electron chi connectivity index (χ3n) is 4.83. The molecule has 1 amide bonds. The van der Waals surface area contributed by atoms with Crippen molar-refractivity contribution in [2.24, 2.45) is 4.99 Å². The van der Waals surface area contributed by atoms with Gasteiger partial charge in [-0.05, 0) is 61.9 Å². The van der Waals surface area contributed by atoms with Gasteiger partial charge in [-0.2, -0.15) is 0 Å². The molecular formula is C25H20Cl2N2O2. The molecule has 31 heavy (non-hydrogen) atoms. The smallest absolute Gasteiger partial charge is 0.282 e. The maximum absolute atomic E-state index is 13.4. The van der Waals surface area contributed by atoms with Gasteiger partial charge in [-0.1, -0.05) is 59.1 Å². The van der Waals surface area contributed by atoms with Crippen molar-refractivity contribution in [1.29, 1.82) is 0 Å². The van der Waals surface area contributed by atoms with E-state index in [0.29, 0.717) is 39.4 Å². The molecule has 0 saturated carbocycles. The minimum absolute atomic E-state index is 0.231. The highest BCUT2D eigenvalue weighted by molar-refractivity contribution is 6.36. The first kappa shape index (κ1) is 21.2. The molecule has 0 radical (unpaired) electrons. The van der Waals surface area contributed by atoms with Crippen LogP contribution in [-0.4, -0.2) is 18.3 Å². The maximum atomic E-state index is 13.4. The predicted molar refractivity (Wildman–Crippen MR) is 127 cm³/mol. The molecule has 3 aromatic carbocycles. The van der Waals surface area contributed by atoms with Gasteiger partial charge < -0.3 is 4.74 Å². The zero-order valence-electron chi connectivity index (χ0n) is 17.1. The summed E-state index contributed by atoms with van der Waals surface area (Å²) in [6, 6.07) is 20.4. The fourth-order valence-corrected chi connectivity index (χ4v) is 3.74. The lowest BCUT2D eigenvalue weighted by atomic mass is 10.1. The van der Waals surface area contributed by atoms with Crippen LogP contribution < -0.4 is 9.64 Å². The Kier molecular flexibility index (Phi) is 6.12. The van der Waals surface area contributed by atoms with Gasteiger partial charge in [0, 0.05) is 15.6 Å². The molecule has 3 aromatic rings. The van der Waals surface area contributed by atoms with E-state index >= 15 is 0 Å². The van der Waals surface area contributed by atoms with Crippen molar-refractivity contribution in [1.82, 2.24) is 0 Å². The van der Waals surface area contributed by atoms with E-state index in [0.717, 1.165) is 16.9 Å². The van der Waals surface area contributed by atoms with Crippen LogP contribution in [0, 0.1) is 6.92 Å². The first-order valence-corrected chi connectivity index (χ1v) is 10.6. The monoisotopic (exact) mass is 450 g/mol. The number of rotatable bonds is 5. The number of carbonyl (C=O) groups excluding carboxylic acids is 1. The largest absolute Gasteiger partial charge is 0.494 e. The predicted octanol–water partition coefficient (Wildman–Crippen LogP) is 6.54. The molecule has 0 atom stereocenters. The van der Waals surface area contributed by atoms with E-state index in [-0.39, 0.29) is 5.91 Å². The maximum Gasteiger partial charge on any atom is 0.282 e. The summed E-state index contributed by atoms with van der Waals surface area (Å²) in [5.74, 6) is 1.08. The molecule has 4 rings (SSSR count). The molecule has 0 bridgehead atoms. The summed E-state index contributed by atoms with van der Waals surface area (Å²) in [5.41, 5.74) is 3.66. The molecule has 0 aromatic heterocycles. The topological polar surface area (TPSA) is 41.9 Å². The molecule has 0 aliphatic carbocycles. The van der Waals surface area contributed by atoms with E-state index in [1.807, 2.05) is 62.4 Å². The minimum Gasteiger partial charge on any atom is -0.494 e. The van der Waals surface area contributed by atoms with E-state index in [9.17, 15) is 4.79 Å². The molecule has 0 N–H and O–H groups in total. The van der Waals surface area contributed by atoms with Gasteiger partial charge in [0.2, 0.25) is 0 Å². The molecule has 6 heteroatoms. The van der Waals surface area contributed by atoms with Gasteiger partial charge in [-0.3, -0.25) is 9.69 Å². The van der Waals surface area contributed by atoms with E-state index in [2.05, 4.69) is 4.99 Å². The lowest BCUT2D eigenvalue weighted by Gasteiger charge is -2.19. The van der Waals surface area contributed by atoms with Gasteiger partial charge in [0.05, 0.1) is 12.3 Å². The van der Waals surface area contributed by atoms with Gasteiger partial charge in [-0.15, -0.1) is 0 Å². The summed E-state index contributed by atoms with van der Waals surface area (Å²) in [4.78, 5) is 19.7. The number of carbonyl (C=O) groups is 1. The van der Waals surface area contributed by atoms with Crippen molar-refractivity contribution in [3.63, 3.8) is 0 Å². The molecule has 156 valence electrons. The first-order chi connectivity index (χ1) is 15.0. The van der Waals surface area contributed by atoms with Crippen LogP contribution >= 0.6 is 23.2 Å². The Hall–Kier alpha value is -3.08. The summed E-state index contributed by atoms with van der Waals surface area (Å²) in [5, 5.41) is 0.990. The Bertz CT molecular complexity index is 1180. The highest BCUT2D eigenvalue weighted by Crippen LogP contribution is 2.31. The minimum atomic E-state index is -0.231. The molecule has 0 saturated heterocycles. The average Bonchev–Trinajstić information content (AvgIpc) is 3.07. The van der Waals surface area contributed by atoms with Gasteiger partial charge in [-0.25, -0.2) is 4.99 Å². The number of hydrogen-bond acceptors (Lipinski definition) is 3. The van der Waals surface area contributed by atoms with Crippen molar-refractivity contribution >= 4 is 46.7 Å². The summed E-state index contributed by atoms with van der Waals surface area (Å²) in [7, 11) is 0. The van der Waals surface area contributed by atoms with Crippen LogP contribution in [0.2, 0.25) is 10.0 Å². The summed E-state index contributed by atoms with van der Waals surface area (Å²) in [6.07, 6.45) is 1.68. The lowest BCUT2D eigenvalue weighted by molar-refractivity contribution is -0.113. The zero-order valence-corrected chi connectivity index (χ0v) is 18.6. The highest BCUT2D eigenvalue weighted by atomic mass is 35.5. The van der Waals surface area contributed by atoms with Crippen molar-refractivity contribution in [2.45, 2.75) is 13.8 Å². The van der Waals surface area contributed by atoms with E-state index < -0.39 is 0 Å². The van der Waals surface area contributed by atoms with Crippen LogP contribution in [0.4, 0.5) is 5.69 Å². The van der Waals surface area contributed by atoms with Gasteiger partial charge in [0.15, 0.2) is 0 Å². The zero-order chi connectivity index (χ0) is 22.0. The number of nitrogens with zero attached hydrogens (tertiary/aromatic N) is 2. The van der Waals surface area contributed by atoms with E-state index in [4.69, 9.17) is 27.9 Å². The number of aryl methyl sites for hydroxylation is 1. The summed E-state index contributed by atoms with van der Waals surface area (Å²) >= 11 is 12.3. The number of amidine groups is 1. The molecule has 4 nitrogen and oxygen atoms in total. The highest BCUT2D eigenvalue weighted by Gasteiger charge is 2.32. The quantitative estimate of drug-likeness (QED) is 0.414. The van der Waals surface area contributed by atoms with Crippen LogP contribution in [0.3, 0.4) is 0 Å². The average molecular weight is 451 g/mol. The van der Waals surface area contributed by atoms with Crippen LogP contribution in [-0.2, 0) is 4.79 Å². The Morgan fingerprint density at radius 1 is 1.00 bits per heavy atom. The van der Waals surface area contributed by atoms with Gasteiger partial charge in [0.25, 0.3) is 5.91 Å². The number of benzene rings is 3. The van der Waals surface area contributed by atoms with Crippen LogP contribution in [0.1, 0.15) is 23.6 Å². The lowest BCUT2D eigenvalue weighted by Crippen LogP contribution is -2.32. The molecule has 1 heterocycles. The Morgan fingerprint density at radius 2 is 1.71 bits per heavy atom. The van der Waals surface area contributed by atoms with Crippen molar-refractivity contribution in [2.75, 3.05) is 11.5 Å². The number of amides is 1. The second-order valence-electron chi connectivity index (χ2n) is 7.06. The van der Waals surface area contributed by atoms with Crippen LogP contribution in [0.25, 0.3) is 6.08 Å².